The lowest BCUT2D eigenvalue weighted by atomic mass is 9.96. The summed E-state index contributed by atoms with van der Waals surface area (Å²) in [6.45, 7) is -2.88. The molecule has 0 saturated carbocycles. The smallest absolute Gasteiger partial charge is 0.387 e. The van der Waals surface area contributed by atoms with E-state index in [4.69, 9.17) is 0 Å². The van der Waals surface area contributed by atoms with E-state index in [1.807, 2.05) is 0 Å². The summed E-state index contributed by atoms with van der Waals surface area (Å²) in [5, 5.41) is 2.20. The monoisotopic (exact) mass is 428 g/mol. The maximum absolute atomic E-state index is 13.8. The molecular weight excluding hydrogens is 411 g/mol. The molecule has 0 radical (unpaired) electrons. The molecule has 2 aromatic rings. The number of ether oxygens (including phenoxy) is 1. The van der Waals surface area contributed by atoms with Gasteiger partial charge in [0.25, 0.3) is 5.91 Å². The van der Waals surface area contributed by atoms with Gasteiger partial charge in [-0.25, -0.2) is 13.2 Å². The third-order valence-electron chi connectivity index (χ3n) is 4.71. The van der Waals surface area contributed by atoms with Crippen molar-refractivity contribution in [2.75, 3.05) is 18.4 Å². The molecule has 0 bridgehead atoms. The summed E-state index contributed by atoms with van der Waals surface area (Å²) in [6, 6.07) is 7.09. The van der Waals surface area contributed by atoms with Crippen molar-refractivity contribution in [2.24, 2.45) is 5.92 Å². The third kappa shape index (κ3) is 4.69. The Morgan fingerprint density at radius 3 is 2.53 bits per heavy atom. The largest absolute Gasteiger partial charge is 0.434 e. The number of anilines is 1. The van der Waals surface area contributed by atoms with E-state index in [1.165, 1.54) is 29.2 Å². The van der Waals surface area contributed by atoms with Crippen LogP contribution in [0.25, 0.3) is 0 Å². The van der Waals surface area contributed by atoms with E-state index in [0.29, 0.717) is 18.9 Å². The van der Waals surface area contributed by atoms with Gasteiger partial charge in [-0.05, 0) is 37.1 Å². The summed E-state index contributed by atoms with van der Waals surface area (Å²) in [7, 11) is 0. The van der Waals surface area contributed by atoms with Crippen LogP contribution in [0.4, 0.5) is 27.6 Å². The summed E-state index contributed by atoms with van der Waals surface area (Å²) < 4.78 is 69.7. The average molecular weight is 428 g/mol. The molecule has 2 amide bonds. The van der Waals surface area contributed by atoms with Crippen LogP contribution in [0.15, 0.2) is 36.4 Å². The Labute approximate surface area is 168 Å². The van der Waals surface area contributed by atoms with Gasteiger partial charge in [-0.1, -0.05) is 12.1 Å². The number of likely N-dealkylation sites (tertiary alicyclic amines) is 1. The molecule has 2 aromatic carbocycles. The number of carbonyl (C=O) groups is 2. The maximum atomic E-state index is 13.8. The third-order valence-corrected chi connectivity index (χ3v) is 4.71. The lowest BCUT2D eigenvalue weighted by molar-refractivity contribution is -0.121. The van der Waals surface area contributed by atoms with E-state index >= 15 is 0 Å². The molecule has 0 aliphatic carbocycles. The molecule has 0 aromatic heterocycles. The van der Waals surface area contributed by atoms with Crippen molar-refractivity contribution >= 4 is 17.5 Å². The van der Waals surface area contributed by atoms with E-state index in [1.54, 1.807) is 0 Å². The first-order chi connectivity index (χ1) is 14.3. The molecule has 3 rings (SSSR count). The Hall–Kier alpha value is -3.17. The maximum Gasteiger partial charge on any atom is 0.387 e. The minimum Gasteiger partial charge on any atom is -0.434 e. The minimum absolute atomic E-state index is 0.0566. The number of alkyl halides is 2. The summed E-state index contributed by atoms with van der Waals surface area (Å²) >= 11 is 0. The summed E-state index contributed by atoms with van der Waals surface area (Å²) in [6.07, 6.45) is 0.804. The molecule has 1 atom stereocenters. The number of rotatable bonds is 5. The summed E-state index contributed by atoms with van der Waals surface area (Å²) in [5.74, 6) is -6.91. The molecule has 30 heavy (non-hydrogen) atoms. The Bertz CT molecular complexity index is 954. The number of nitrogens with zero attached hydrogens (tertiary/aromatic N) is 1. The van der Waals surface area contributed by atoms with Gasteiger partial charge in [-0.15, -0.1) is 0 Å². The second kappa shape index (κ2) is 9.10. The first-order valence-corrected chi connectivity index (χ1v) is 9.05. The molecule has 10 heteroatoms. The van der Waals surface area contributed by atoms with Crippen LogP contribution in [0.5, 0.6) is 5.75 Å². The van der Waals surface area contributed by atoms with E-state index in [9.17, 15) is 31.5 Å². The van der Waals surface area contributed by atoms with Crippen molar-refractivity contribution in [3.05, 3.63) is 59.4 Å². The fraction of sp³-hybridized carbons (Fsp3) is 0.300. The van der Waals surface area contributed by atoms with Crippen molar-refractivity contribution in [2.45, 2.75) is 19.5 Å². The molecule has 1 aliphatic rings. The quantitative estimate of drug-likeness (QED) is 0.574. The first-order valence-electron chi connectivity index (χ1n) is 9.05. The van der Waals surface area contributed by atoms with Gasteiger partial charge in [0.05, 0.1) is 17.2 Å². The molecule has 0 spiro atoms. The number of benzene rings is 2. The summed E-state index contributed by atoms with van der Waals surface area (Å²) in [4.78, 5) is 26.6. The normalized spacial score (nSPS) is 16.5. The average Bonchev–Trinajstić information content (AvgIpc) is 2.73. The molecule has 1 saturated heterocycles. The highest BCUT2D eigenvalue weighted by Crippen LogP contribution is 2.26. The van der Waals surface area contributed by atoms with Crippen LogP contribution in [-0.4, -0.2) is 36.4 Å². The lowest BCUT2D eigenvalue weighted by Crippen LogP contribution is -2.44. The van der Waals surface area contributed by atoms with E-state index in [0.717, 1.165) is 6.07 Å². The molecule has 160 valence electrons. The van der Waals surface area contributed by atoms with Crippen LogP contribution in [0, 0.1) is 23.4 Å². The Kier molecular flexibility index (Phi) is 6.53. The van der Waals surface area contributed by atoms with E-state index < -0.39 is 47.5 Å². The highest BCUT2D eigenvalue weighted by atomic mass is 19.3. The predicted molar refractivity (Wildman–Crippen MR) is 96.6 cm³/mol. The van der Waals surface area contributed by atoms with E-state index in [2.05, 4.69) is 10.1 Å². The van der Waals surface area contributed by atoms with Gasteiger partial charge in [0.1, 0.15) is 5.75 Å². The van der Waals surface area contributed by atoms with Crippen molar-refractivity contribution in [1.82, 2.24) is 4.90 Å². The topological polar surface area (TPSA) is 58.6 Å². The van der Waals surface area contributed by atoms with Gasteiger partial charge < -0.3 is 15.0 Å². The lowest BCUT2D eigenvalue weighted by Gasteiger charge is -2.32. The van der Waals surface area contributed by atoms with Gasteiger partial charge in [0.15, 0.2) is 17.5 Å². The van der Waals surface area contributed by atoms with Crippen LogP contribution >= 0.6 is 0 Å². The van der Waals surface area contributed by atoms with Crippen LogP contribution < -0.4 is 10.1 Å². The second-order valence-corrected chi connectivity index (χ2v) is 6.68. The zero-order chi connectivity index (χ0) is 21.8. The zero-order valence-electron chi connectivity index (χ0n) is 15.5. The van der Waals surface area contributed by atoms with E-state index in [-0.39, 0.29) is 24.4 Å². The van der Waals surface area contributed by atoms with Gasteiger partial charge in [0.2, 0.25) is 5.91 Å². The first kappa shape index (κ1) is 21.5. The Morgan fingerprint density at radius 1 is 1.07 bits per heavy atom. The van der Waals surface area contributed by atoms with Crippen molar-refractivity contribution in [3.8, 4) is 5.75 Å². The fourth-order valence-corrected chi connectivity index (χ4v) is 3.25. The highest BCUT2D eigenvalue weighted by Gasteiger charge is 2.31. The zero-order valence-corrected chi connectivity index (χ0v) is 15.5. The van der Waals surface area contributed by atoms with Crippen molar-refractivity contribution < 1.29 is 36.3 Å². The highest BCUT2D eigenvalue weighted by molar-refractivity contribution is 5.98. The fourth-order valence-electron chi connectivity index (χ4n) is 3.25. The molecular formula is C20H17F5N2O3. The predicted octanol–water partition coefficient (Wildman–Crippen LogP) is 4.20. The number of para-hydroxylation sites is 1. The Balaban J connectivity index is 1.72. The van der Waals surface area contributed by atoms with Gasteiger partial charge >= 0.3 is 6.61 Å². The Morgan fingerprint density at radius 2 is 1.80 bits per heavy atom. The van der Waals surface area contributed by atoms with Crippen molar-refractivity contribution in [3.63, 3.8) is 0 Å². The number of hydrogen-bond acceptors (Lipinski definition) is 3. The number of piperidine rings is 1. The van der Waals surface area contributed by atoms with Crippen molar-refractivity contribution in [1.29, 1.82) is 0 Å². The number of nitrogens with one attached hydrogen (secondary N) is 1. The standard InChI is InChI=1S/C20H17F5N2O3/c21-13-7-8-14(17(23)16(13)22)26-18(28)11-4-3-9-27(10-11)19(29)12-5-1-2-6-15(12)30-20(24)25/h1-2,5-8,11,20H,3-4,9-10H2,(H,26,28). The van der Waals surface area contributed by atoms with Crippen LogP contribution in [-0.2, 0) is 4.79 Å². The van der Waals surface area contributed by atoms with Crippen LogP contribution in [0.1, 0.15) is 23.2 Å². The molecule has 1 fully saturated rings. The number of halogens is 5. The minimum atomic E-state index is -3.11. The second-order valence-electron chi connectivity index (χ2n) is 6.68. The molecule has 1 heterocycles. The molecule has 5 nitrogen and oxygen atoms in total. The number of hydrogen-bond donors (Lipinski definition) is 1. The van der Waals surface area contributed by atoms with Gasteiger partial charge in [0, 0.05) is 13.1 Å². The molecule has 1 N–H and O–H groups in total. The van der Waals surface area contributed by atoms with Crippen LogP contribution in [0.3, 0.4) is 0 Å². The molecule has 1 aliphatic heterocycles. The number of carbonyl (C=O) groups excluding carboxylic acids is 2. The summed E-state index contributed by atoms with van der Waals surface area (Å²) in [5.41, 5.74) is -0.594. The van der Waals surface area contributed by atoms with Crippen LogP contribution in [0.2, 0.25) is 0 Å². The van der Waals surface area contributed by atoms with Gasteiger partial charge in [-0.3, -0.25) is 9.59 Å². The van der Waals surface area contributed by atoms with Gasteiger partial charge in [-0.2, -0.15) is 8.78 Å². The SMILES string of the molecule is O=C(Nc1ccc(F)c(F)c1F)C1CCCN(C(=O)c2ccccc2OC(F)F)C1. The molecule has 1 unspecified atom stereocenters. The number of amides is 2.